The molecule has 186 valence electrons. The zero-order valence-electron chi connectivity index (χ0n) is 18.1. The van der Waals surface area contributed by atoms with E-state index in [4.69, 9.17) is 25.0 Å². The quantitative estimate of drug-likeness (QED) is 0.0615. The SMILES string of the molecule is COCC1OCC(OOCC(O)[C@@H](O)C(O)C(O)CNCCCCCCN)C(O)[C@@H]1O. The van der Waals surface area contributed by atoms with Gasteiger partial charge in [-0.25, -0.2) is 9.78 Å². The number of nitrogens with one attached hydrogen (secondary N) is 1. The second-order valence-corrected chi connectivity index (χ2v) is 7.75. The van der Waals surface area contributed by atoms with Gasteiger partial charge in [-0.15, -0.1) is 0 Å². The van der Waals surface area contributed by atoms with Gasteiger partial charge >= 0.3 is 0 Å². The van der Waals surface area contributed by atoms with E-state index in [0.717, 1.165) is 25.7 Å². The molecular formula is C19H40N2O10. The van der Waals surface area contributed by atoms with Gasteiger partial charge in [0.15, 0.2) is 0 Å². The Morgan fingerprint density at radius 2 is 1.68 bits per heavy atom. The summed E-state index contributed by atoms with van der Waals surface area (Å²) in [6, 6.07) is 0. The van der Waals surface area contributed by atoms with E-state index in [1.165, 1.54) is 7.11 Å². The predicted molar refractivity (Wildman–Crippen MR) is 109 cm³/mol. The van der Waals surface area contributed by atoms with E-state index in [1.807, 2.05) is 0 Å². The molecule has 1 aliphatic heterocycles. The van der Waals surface area contributed by atoms with Crippen molar-refractivity contribution in [2.75, 3.05) is 46.6 Å². The average Bonchev–Trinajstić information content (AvgIpc) is 2.76. The van der Waals surface area contributed by atoms with E-state index in [1.54, 1.807) is 0 Å². The summed E-state index contributed by atoms with van der Waals surface area (Å²) in [4.78, 5) is 9.80. The number of ether oxygens (including phenoxy) is 2. The number of aliphatic hydroxyl groups excluding tert-OH is 6. The van der Waals surface area contributed by atoms with Crippen LogP contribution in [0.15, 0.2) is 0 Å². The zero-order chi connectivity index (χ0) is 23.2. The van der Waals surface area contributed by atoms with Crippen LogP contribution in [0.5, 0.6) is 0 Å². The Morgan fingerprint density at radius 3 is 2.35 bits per heavy atom. The number of hydrogen-bond acceptors (Lipinski definition) is 12. The highest BCUT2D eigenvalue weighted by Gasteiger charge is 2.40. The Hall–Kier alpha value is -0.480. The van der Waals surface area contributed by atoms with Crippen molar-refractivity contribution in [3.05, 3.63) is 0 Å². The van der Waals surface area contributed by atoms with Crippen LogP contribution in [-0.4, -0.2) is 126 Å². The van der Waals surface area contributed by atoms with Gasteiger partial charge in [0, 0.05) is 13.7 Å². The minimum Gasteiger partial charge on any atom is -0.389 e. The normalized spacial score (nSPS) is 28.3. The van der Waals surface area contributed by atoms with Crippen molar-refractivity contribution in [1.29, 1.82) is 0 Å². The summed E-state index contributed by atoms with van der Waals surface area (Å²) in [5.74, 6) is 0. The molecule has 1 fully saturated rings. The molecule has 12 heteroatoms. The Labute approximate surface area is 182 Å². The second kappa shape index (κ2) is 16.2. The van der Waals surface area contributed by atoms with Gasteiger partial charge in [0.25, 0.3) is 0 Å². The first-order valence-corrected chi connectivity index (χ1v) is 10.7. The summed E-state index contributed by atoms with van der Waals surface area (Å²) < 4.78 is 10.2. The van der Waals surface area contributed by atoms with Gasteiger partial charge in [-0.1, -0.05) is 12.8 Å². The molecule has 0 aromatic carbocycles. The van der Waals surface area contributed by atoms with Gasteiger partial charge in [0.05, 0.1) is 19.3 Å². The van der Waals surface area contributed by atoms with Gasteiger partial charge in [-0.3, -0.25) is 0 Å². The van der Waals surface area contributed by atoms with Crippen LogP contribution in [0.3, 0.4) is 0 Å². The molecule has 1 heterocycles. The minimum absolute atomic E-state index is 0.0470. The maximum Gasteiger partial charge on any atom is 0.145 e. The molecular weight excluding hydrogens is 416 g/mol. The first-order chi connectivity index (χ1) is 14.8. The van der Waals surface area contributed by atoms with E-state index < -0.39 is 55.4 Å². The summed E-state index contributed by atoms with van der Waals surface area (Å²) in [6.45, 7) is 0.835. The lowest BCUT2D eigenvalue weighted by Gasteiger charge is -2.36. The lowest BCUT2D eigenvalue weighted by Crippen LogP contribution is -2.55. The van der Waals surface area contributed by atoms with E-state index in [0.29, 0.717) is 13.1 Å². The fraction of sp³-hybridized carbons (Fsp3) is 1.00. The predicted octanol–water partition coefficient (Wildman–Crippen LogP) is -3.38. The highest BCUT2D eigenvalue weighted by atomic mass is 17.2. The van der Waals surface area contributed by atoms with E-state index in [9.17, 15) is 30.6 Å². The van der Waals surface area contributed by atoms with Crippen molar-refractivity contribution in [2.45, 2.75) is 74.5 Å². The molecule has 0 amide bonds. The van der Waals surface area contributed by atoms with Gasteiger partial charge in [-0.05, 0) is 25.9 Å². The molecule has 12 nitrogen and oxygen atoms in total. The molecule has 1 saturated heterocycles. The Bertz CT molecular complexity index is 450. The van der Waals surface area contributed by atoms with Crippen LogP contribution in [0.4, 0.5) is 0 Å². The number of unbranched alkanes of at least 4 members (excludes halogenated alkanes) is 3. The first kappa shape index (κ1) is 28.6. The maximum absolute atomic E-state index is 10.0. The van der Waals surface area contributed by atoms with Crippen molar-refractivity contribution in [3.8, 4) is 0 Å². The second-order valence-electron chi connectivity index (χ2n) is 7.75. The molecule has 1 aliphatic rings. The van der Waals surface area contributed by atoms with Gasteiger partial charge in [0.1, 0.15) is 49.3 Å². The largest absolute Gasteiger partial charge is 0.389 e. The third kappa shape index (κ3) is 10.3. The molecule has 0 spiro atoms. The van der Waals surface area contributed by atoms with E-state index in [2.05, 4.69) is 5.32 Å². The number of nitrogens with two attached hydrogens (primary N) is 1. The Morgan fingerprint density at radius 1 is 1.00 bits per heavy atom. The lowest BCUT2D eigenvalue weighted by atomic mass is 10.0. The standard InChI is InChI=1S/C19H40N2O10/c1-28-10-14-18(26)19(27)15(11-29-14)31-30-9-13(23)17(25)16(24)12(22)8-21-7-5-3-2-4-6-20/h12-19,21-27H,2-11,20H2,1H3/t12?,13?,14?,15?,16?,17-,18-,19?/m1/s1. The van der Waals surface area contributed by atoms with Crippen LogP contribution < -0.4 is 11.1 Å². The molecule has 0 bridgehead atoms. The molecule has 1 rings (SSSR count). The van der Waals surface area contributed by atoms with Crippen LogP contribution in [0.25, 0.3) is 0 Å². The van der Waals surface area contributed by atoms with Crippen molar-refractivity contribution < 1.29 is 49.9 Å². The summed E-state index contributed by atoms with van der Waals surface area (Å²) in [5.41, 5.74) is 5.42. The lowest BCUT2D eigenvalue weighted by molar-refractivity contribution is -0.373. The molecule has 0 aromatic rings. The molecule has 0 aromatic heterocycles. The van der Waals surface area contributed by atoms with Gasteiger partial charge in [0.2, 0.25) is 0 Å². The summed E-state index contributed by atoms with van der Waals surface area (Å²) in [7, 11) is 1.44. The minimum atomic E-state index is -1.69. The topological polar surface area (TPSA) is 196 Å². The third-order valence-electron chi connectivity index (χ3n) is 5.15. The molecule has 0 saturated carbocycles. The summed E-state index contributed by atoms with van der Waals surface area (Å²) >= 11 is 0. The summed E-state index contributed by atoms with van der Waals surface area (Å²) in [6.07, 6.45) is -6.51. The van der Waals surface area contributed by atoms with Gasteiger partial charge < -0.3 is 51.2 Å². The number of methoxy groups -OCH3 is 1. The van der Waals surface area contributed by atoms with Gasteiger partial charge in [-0.2, -0.15) is 0 Å². The van der Waals surface area contributed by atoms with Crippen molar-refractivity contribution in [2.24, 2.45) is 5.73 Å². The van der Waals surface area contributed by atoms with Crippen molar-refractivity contribution in [3.63, 3.8) is 0 Å². The molecule has 31 heavy (non-hydrogen) atoms. The summed E-state index contributed by atoms with van der Waals surface area (Å²) in [5, 5.41) is 63.0. The third-order valence-corrected chi connectivity index (χ3v) is 5.15. The molecule has 9 N–H and O–H groups in total. The van der Waals surface area contributed by atoms with Crippen molar-refractivity contribution in [1.82, 2.24) is 5.32 Å². The monoisotopic (exact) mass is 456 g/mol. The van der Waals surface area contributed by atoms with E-state index >= 15 is 0 Å². The number of aliphatic hydroxyl groups is 6. The first-order valence-electron chi connectivity index (χ1n) is 10.7. The average molecular weight is 457 g/mol. The highest BCUT2D eigenvalue weighted by Crippen LogP contribution is 2.19. The van der Waals surface area contributed by atoms with Crippen LogP contribution in [0.1, 0.15) is 25.7 Å². The van der Waals surface area contributed by atoms with Crippen LogP contribution in [0.2, 0.25) is 0 Å². The number of rotatable bonds is 17. The Kier molecular flexibility index (Phi) is 14.9. The van der Waals surface area contributed by atoms with Crippen molar-refractivity contribution >= 4 is 0 Å². The van der Waals surface area contributed by atoms with Crippen LogP contribution in [-0.2, 0) is 19.2 Å². The zero-order valence-corrected chi connectivity index (χ0v) is 18.1. The Balaban J connectivity index is 2.24. The van der Waals surface area contributed by atoms with Crippen LogP contribution >= 0.6 is 0 Å². The number of hydrogen-bond donors (Lipinski definition) is 8. The van der Waals surface area contributed by atoms with Crippen LogP contribution in [0, 0.1) is 0 Å². The fourth-order valence-corrected chi connectivity index (χ4v) is 3.12. The highest BCUT2D eigenvalue weighted by molar-refractivity contribution is 4.87. The maximum atomic E-state index is 10.0. The molecule has 6 unspecified atom stereocenters. The molecule has 8 atom stereocenters. The molecule has 0 aliphatic carbocycles. The fourth-order valence-electron chi connectivity index (χ4n) is 3.12. The smallest absolute Gasteiger partial charge is 0.145 e. The van der Waals surface area contributed by atoms with E-state index in [-0.39, 0.29) is 19.8 Å². The molecule has 0 radical (unpaired) electrons.